The molecule has 0 spiro atoms. The Morgan fingerprint density at radius 1 is 1.53 bits per heavy atom. The molecular weight excluding hydrogens is 198 g/mol. The molecule has 15 heavy (non-hydrogen) atoms. The Kier molecular flexibility index (Phi) is 4.55. The third-order valence-electron chi connectivity index (χ3n) is 2.52. The molecule has 1 aliphatic rings. The van der Waals surface area contributed by atoms with Crippen LogP contribution in [0, 0.1) is 0 Å². The minimum Gasteiger partial charge on any atom is -0.480 e. The van der Waals surface area contributed by atoms with Crippen molar-refractivity contribution in [2.75, 3.05) is 19.8 Å². The lowest BCUT2D eigenvalue weighted by atomic mass is 10.2. The zero-order valence-electron chi connectivity index (χ0n) is 8.94. The summed E-state index contributed by atoms with van der Waals surface area (Å²) >= 11 is 0. The Hall–Kier alpha value is -1.10. The maximum atomic E-state index is 11.6. The van der Waals surface area contributed by atoms with Crippen LogP contribution in [0.1, 0.15) is 26.2 Å². The van der Waals surface area contributed by atoms with E-state index in [-0.39, 0.29) is 12.3 Å². The average Bonchev–Trinajstić information content (AvgIpc) is 2.66. The van der Waals surface area contributed by atoms with Gasteiger partial charge in [-0.2, -0.15) is 0 Å². The van der Waals surface area contributed by atoms with Crippen molar-refractivity contribution < 1.29 is 19.4 Å². The van der Waals surface area contributed by atoms with E-state index in [1.54, 1.807) is 0 Å². The molecule has 1 N–H and O–H groups in total. The fourth-order valence-electron chi connectivity index (χ4n) is 1.77. The van der Waals surface area contributed by atoms with Crippen LogP contribution >= 0.6 is 0 Å². The molecule has 1 rings (SSSR count). The third kappa shape index (κ3) is 3.20. The monoisotopic (exact) mass is 215 g/mol. The second kappa shape index (κ2) is 5.70. The van der Waals surface area contributed by atoms with Crippen molar-refractivity contribution in [1.29, 1.82) is 0 Å². The Morgan fingerprint density at radius 2 is 2.27 bits per heavy atom. The van der Waals surface area contributed by atoms with Gasteiger partial charge in [0.15, 0.2) is 0 Å². The van der Waals surface area contributed by atoms with Crippen LogP contribution in [0.4, 0.5) is 0 Å². The van der Waals surface area contributed by atoms with Crippen molar-refractivity contribution in [3.63, 3.8) is 0 Å². The second-order valence-corrected chi connectivity index (χ2v) is 3.53. The number of nitrogens with zero attached hydrogens (tertiary/aromatic N) is 1. The first kappa shape index (κ1) is 12.0. The Bertz CT molecular complexity index is 242. The van der Waals surface area contributed by atoms with E-state index >= 15 is 0 Å². The molecule has 1 aliphatic heterocycles. The lowest BCUT2D eigenvalue weighted by molar-refractivity contribution is -0.148. The Morgan fingerprint density at radius 3 is 2.87 bits per heavy atom. The van der Waals surface area contributed by atoms with Crippen molar-refractivity contribution in [3.8, 4) is 0 Å². The highest BCUT2D eigenvalue weighted by Crippen LogP contribution is 2.18. The van der Waals surface area contributed by atoms with Gasteiger partial charge in [-0.25, -0.2) is 4.79 Å². The molecule has 0 saturated carbocycles. The lowest BCUT2D eigenvalue weighted by Crippen LogP contribution is -2.40. The van der Waals surface area contributed by atoms with Crippen LogP contribution in [0.5, 0.6) is 0 Å². The van der Waals surface area contributed by atoms with E-state index in [0.717, 1.165) is 6.42 Å². The SMILES string of the molecule is CCOCCC(=O)N1CCC[C@@H]1C(=O)O. The minimum atomic E-state index is -0.905. The van der Waals surface area contributed by atoms with E-state index in [4.69, 9.17) is 9.84 Å². The number of carbonyl (C=O) groups is 2. The van der Waals surface area contributed by atoms with Gasteiger partial charge in [0, 0.05) is 13.2 Å². The van der Waals surface area contributed by atoms with Crippen LogP contribution in [-0.2, 0) is 14.3 Å². The van der Waals surface area contributed by atoms with Crippen LogP contribution < -0.4 is 0 Å². The molecule has 1 heterocycles. The van der Waals surface area contributed by atoms with Crippen molar-refractivity contribution >= 4 is 11.9 Å². The van der Waals surface area contributed by atoms with E-state index in [0.29, 0.717) is 26.2 Å². The van der Waals surface area contributed by atoms with E-state index in [1.807, 2.05) is 6.92 Å². The van der Waals surface area contributed by atoms with Gasteiger partial charge >= 0.3 is 5.97 Å². The topological polar surface area (TPSA) is 66.8 Å². The standard InChI is InChI=1S/C10H17NO4/c1-2-15-7-5-9(12)11-6-3-4-8(11)10(13)14/h8H,2-7H2,1H3,(H,13,14)/t8-/m1/s1. The van der Waals surface area contributed by atoms with Gasteiger partial charge in [0.05, 0.1) is 13.0 Å². The van der Waals surface area contributed by atoms with Crippen molar-refractivity contribution in [2.45, 2.75) is 32.2 Å². The highest BCUT2D eigenvalue weighted by Gasteiger charge is 2.33. The molecule has 0 aromatic heterocycles. The Balaban J connectivity index is 2.40. The van der Waals surface area contributed by atoms with Gasteiger partial charge in [0.2, 0.25) is 5.91 Å². The van der Waals surface area contributed by atoms with Gasteiger partial charge in [-0.05, 0) is 19.8 Å². The zero-order chi connectivity index (χ0) is 11.3. The fourth-order valence-corrected chi connectivity index (χ4v) is 1.77. The van der Waals surface area contributed by atoms with Gasteiger partial charge in [-0.1, -0.05) is 0 Å². The average molecular weight is 215 g/mol. The first-order chi connectivity index (χ1) is 7.16. The summed E-state index contributed by atoms with van der Waals surface area (Å²) in [7, 11) is 0. The minimum absolute atomic E-state index is 0.117. The summed E-state index contributed by atoms with van der Waals surface area (Å²) in [6, 6.07) is -0.626. The number of hydrogen-bond donors (Lipinski definition) is 1. The lowest BCUT2D eigenvalue weighted by Gasteiger charge is -2.21. The summed E-state index contributed by atoms with van der Waals surface area (Å²) in [5.74, 6) is -1.02. The van der Waals surface area contributed by atoms with Gasteiger partial charge in [0.25, 0.3) is 0 Å². The molecule has 1 amide bonds. The van der Waals surface area contributed by atoms with Crippen LogP contribution in [0.3, 0.4) is 0 Å². The predicted molar refractivity (Wildman–Crippen MR) is 53.5 cm³/mol. The largest absolute Gasteiger partial charge is 0.480 e. The maximum absolute atomic E-state index is 11.6. The number of carboxylic acids is 1. The molecule has 0 bridgehead atoms. The molecule has 1 fully saturated rings. The molecule has 5 nitrogen and oxygen atoms in total. The number of carbonyl (C=O) groups excluding carboxylic acids is 1. The maximum Gasteiger partial charge on any atom is 0.326 e. The van der Waals surface area contributed by atoms with E-state index < -0.39 is 12.0 Å². The number of carboxylic acid groups (broad SMARTS) is 1. The number of aliphatic carboxylic acids is 1. The summed E-state index contributed by atoms with van der Waals surface area (Å²) in [4.78, 5) is 23.9. The number of hydrogen-bond acceptors (Lipinski definition) is 3. The molecule has 0 unspecified atom stereocenters. The smallest absolute Gasteiger partial charge is 0.326 e. The molecule has 0 aromatic carbocycles. The van der Waals surface area contributed by atoms with Gasteiger partial charge in [0.1, 0.15) is 6.04 Å². The van der Waals surface area contributed by atoms with Crippen LogP contribution in [0.2, 0.25) is 0 Å². The number of amides is 1. The fraction of sp³-hybridized carbons (Fsp3) is 0.800. The number of rotatable bonds is 5. The van der Waals surface area contributed by atoms with Gasteiger partial charge < -0.3 is 14.7 Å². The van der Waals surface area contributed by atoms with Crippen molar-refractivity contribution in [2.24, 2.45) is 0 Å². The van der Waals surface area contributed by atoms with Gasteiger partial charge in [-0.3, -0.25) is 4.79 Å². The van der Waals surface area contributed by atoms with Crippen molar-refractivity contribution in [1.82, 2.24) is 4.90 Å². The molecule has 5 heteroatoms. The van der Waals surface area contributed by atoms with Crippen LogP contribution in [-0.4, -0.2) is 47.7 Å². The third-order valence-corrected chi connectivity index (χ3v) is 2.52. The molecule has 1 saturated heterocycles. The predicted octanol–water partition coefficient (Wildman–Crippen LogP) is 0.489. The first-order valence-corrected chi connectivity index (χ1v) is 5.26. The van der Waals surface area contributed by atoms with E-state index in [9.17, 15) is 9.59 Å². The van der Waals surface area contributed by atoms with E-state index in [2.05, 4.69) is 0 Å². The zero-order valence-corrected chi connectivity index (χ0v) is 8.94. The first-order valence-electron chi connectivity index (χ1n) is 5.26. The molecule has 0 aliphatic carbocycles. The summed E-state index contributed by atoms with van der Waals surface area (Å²) in [6.07, 6.45) is 1.62. The summed E-state index contributed by atoms with van der Waals surface area (Å²) in [6.45, 7) is 3.37. The molecule has 0 aromatic rings. The molecule has 0 radical (unpaired) electrons. The number of ether oxygens (including phenoxy) is 1. The highest BCUT2D eigenvalue weighted by molar-refractivity contribution is 5.84. The van der Waals surface area contributed by atoms with Gasteiger partial charge in [-0.15, -0.1) is 0 Å². The normalized spacial score (nSPS) is 20.6. The summed E-state index contributed by atoms with van der Waals surface area (Å²) in [5.41, 5.74) is 0. The van der Waals surface area contributed by atoms with Crippen LogP contribution in [0.15, 0.2) is 0 Å². The quantitative estimate of drug-likeness (QED) is 0.678. The van der Waals surface area contributed by atoms with E-state index in [1.165, 1.54) is 4.90 Å². The highest BCUT2D eigenvalue weighted by atomic mass is 16.5. The molecule has 86 valence electrons. The second-order valence-electron chi connectivity index (χ2n) is 3.53. The van der Waals surface area contributed by atoms with Crippen molar-refractivity contribution in [3.05, 3.63) is 0 Å². The van der Waals surface area contributed by atoms with Crippen LogP contribution in [0.25, 0.3) is 0 Å². The summed E-state index contributed by atoms with van der Waals surface area (Å²) in [5, 5.41) is 8.88. The Labute approximate surface area is 89.0 Å². The molecule has 1 atom stereocenters. The molecular formula is C10H17NO4. The number of likely N-dealkylation sites (tertiary alicyclic amines) is 1. The summed E-state index contributed by atoms with van der Waals surface area (Å²) < 4.78 is 5.06.